The number of likely N-dealkylation sites (tertiary alicyclic amines) is 1. The lowest BCUT2D eigenvalue weighted by atomic mass is 9.94. The van der Waals surface area contributed by atoms with Crippen molar-refractivity contribution >= 4 is 29.4 Å². The van der Waals surface area contributed by atoms with Gasteiger partial charge >= 0.3 is 5.97 Å². The fourth-order valence-corrected chi connectivity index (χ4v) is 3.26. The number of nitrogens with zero attached hydrogens (tertiary/aromatic N) is 1. The first-order valence-electron chi connectivity index (χ1n) is 8.84. The van der Waals surface area contributed by atoms with Crippen molar-refractivity contribution in [3.8, 4) is 0 Å². The van der Waals surface area contributed by atoms with Crippen LogP contribution in [-0.4, -0.2) is 40.9 Å². The number of piperidine rings is 1. The van der Waals surface area contributed by atoms with E-state index in [1.807, 2.05) is 13.8 Å². The molecule has 0 radical (unpaired) electrons. The second-order valence-electron chi connectivity index (χ2n) is 6.96. The molecule has 0 aliphatic carbocycles. The number of rotatable bonds is 6. The van der Waals surface area contributed by atoms with E-state index < -0.39 is 12.0 Å². The van der Waals surface area contributed by atoms with Gasteiger partial charge in [0.1, 0.15) is 0 Å². The Kier molecular flexibility index (Phi) is 7.03. The topological polar surface area (TPSA) is 86.7 Å². The number of carboxylic acid groups (broad SMARTS) is 1. The molecule has 1 heterocycles. The van der Waals surface area contributed by atoms with Crippen LogP contribution in [0, 0.1) is 11.8 Å². The van der Waals surface area contributed by atoms with E-state index in [2.05, 4.69) is 5.32 Å². The summed E-state index contributed by atoms with van der Waals surface area (Å²) in [6.07, 6.45) is 0.980. The van der Waals surface area contributed by atoms with Gasteiger partial charge in [0.15, 0.2) is 0 Å². The Hall–Kier alpha value is -2.08. The Morgan fingerprint density at radius 3 is 2.27 bits per heavy atom. The predicted molar refractivity (Wildman–Crippen MR) is 98.7 cm³/mol. The molecule has 1 fully saturated rings. The summed E-state index contributed by atoms with van der Waals surface area (Å²) >= 11 is 5.88. The third kappa shape index (κ3) is 5.46. The van der Waals surface area contributed by atoms with Crippen LogP contribution in [0.4, 0.5) is 0 Å². The smallest absolute Gasteiger partial charge is 0.305 e. The molecule has 7 heteroatoms. The first-order chi connectivity index (χ1) is 12.3. The Labute approximate surface area is 158 Å². The SMILES string of the molecule is CC(C)C(=O)N1CCC(C(=O)N[C@@H](CC(=O)O)c2ccc(Cl)cc2)CC1. The van der Waals surface area contributed by atoms with Gasteiger partial charge in [-0.2, -0.15) is 0 Å². The zero-order valence-corrected chi connectivity index (χ0v) is 15.8. The number of carboxylic acids is 1. The molecule has 1 saturated heterocycles. The van der Waals surface area contributed by atoms with E-state index in [1.54, 1.807) is 29.2 Å². The van der Waals surface area contributed by atoms with Crippen LogP contribution >= 0.6 is 11.6 Å². The molecule has 2 amide bonds. The molecule has 142 valence electrons. The van der Waals surface area contributed by atoms with Gasteiger partial charge in [-0.1, -0.05) is 37.6 Å². The lowest BCUT2D eigenvalue weighted by molar-refractivity contribution is -0.140. The first-order valence-corrected chi connectivity index (χ1v) is 9.22. The molecule has 6 nitrogen and oxygen atoms in total. The number of carbonyl (C=O) groups excluding carboxylic acids is 2. The van der Waals surface area contributed by atoms with Crippen LogP contribution < -0.4 is 5.32 Å². The fraction of sp³-hybridized carbons (Fsp3) is 0.526. The van der Waals surface area contributed by atoms with E-state index in [9.17, 15) is 14.4 Å². The van der Waals surface area contributed by atoms with Crippen LogP contribution in [-0.2, 0) is 14.4 Å². The Morgan fingerprint density at radius 1 is 1.19 bits per heavy atom. The molecule has 1 aliphatic rings. The van der Waals surface area contributed by atoms with Gasteiger partial charge in [-0.05, 0) is 30.5 Å². The first kappa shape index (κ1) is 20.2. The van der Waals surface area contributed by atoms with Gasteiger partial charge < -0.3 is 15.3 Å². The van der Waals surface area contributed by atoms with Crippen molar-refractivity contribution in [1.82, 2.24) is 10.2 Å². The van der Waals surface area contributed by atoms with Gasteiger partial charge in [0, 0.05) is 29.9 Å². The largest absolute Gasteiger partial charge is 0.481 e. The minimum atomic E-state index is -0.984. The standard InChI is InChI=1S/C19H25ClN2O4/c1-12(2)19(26)22-9-7-14(8-10-22)18(25)21-16(11-17(23)24)13-3-5-15(20)6-4-13/h3-6,12,14,16H,7-11H2,1-2H3,(H,21,25)(H,23,24)/t16-/m0/s1. The highest BCUT2D eigenvalue weighted by Crippen LogP contribution is 2.23. The molecule has 2 rings (SSSR count). The van der Waals surface area contributed by atoms with E-state index in [-0.39, 0.29) is 30.1 Å². The van der Waals surface area contributed by atoms with E-state index in [1.165, 1.54) is 0 Å². The van der Waals surface area contributed by atoms with Gasteiger partial charge in [-0.15, -0.1) is 0 Å². The van der Waals surface area contributed by atoms with Crippen molar-refractivity contribution in [3.63, 3.8) is 0 Å². The van der Waals surface area contributed by atoms with Gasteiger partial charge in [0.2, 0.25) is 11.8 Å². The molecule has 0 bridgehead atoms. The summed E-state index contributed by atoms with van der Waals surface area (Å²) in [5.74, 6) is -1.31. The molecule has 1 atom stereocenters. The molecule has 0 spiro atoms. The van der Waals surface area contributed by atoms with Crippen molar-refractivity contribution in [1.29, 1.82) is 0 Å². The van der Waals surface area contributed by atoms with Gasteiger partial charge in [0.05, 0.1) is 12.5 Å². The van der Waals surface area contributed by atoms with Crippen LogP contribution in [0.3, 0.4) is 0 Å². The molecule has 26 heavy (non-hydrogen) atoms. The zero-order chi connectivity index (χ0) is 19.3. The van der Waals surface area contributed by atoms with Crippen LogP contribution in [0.1, 0.15) is 44.7 Å². The normalized spacial score (nSPS) is 16.4. The summed E-state index contributed by atoms with van der Waals surface area (Å²) in [5.41, 5.74) is 0.706. The summed E-state index contributed by atoms with van der Waals surface area (Å²) in [4.78, 5) is 37.6. The van der Waals surface area contributed by atoms with Crippen LogP contribution in [0.15, 0.2) is 24.3 Å². The summed E-state index contributed by atoms with van der Waals surface area (Å²) in [5, 5.41) is 12.6. The van der Waals surface area contributed by atoms with Crippen molar-refractivity contribution < 1.29 is 19.5 Å². The maximum atomic E-state index is 12.6. The number of aliphatic carboxylic acids is 1. The molecule has 1 aromatic carbocycles. The lowest BCUT2D eigenvalue weighted by Crippen LogP contribution is -2.45. The molecular formula is C19H25ClN2O4. The maximum Gasteiger partial charge on any atom is 0.305 e. The molecular weight excluding hydrogens is 356 g/mol. The average molecular weight is 381 g/mol. The number of hydrogen-bond acceptors (Lipinski definition) is 3. The fourth-order valence-electron chi connectivity index (χ4n) is 3.14. The summed E-state index contributed by atoms with van der Waals surface area (Å²) in [6.45, 7) is 4.84. The van der Waals surface area contributed by atoms with Crippen molar-refractivity contribution in [2.45, 2.75) is 39.2 Å². The summed E-state index contributed by atoms with van der Waals surface area (Å²) in [7, 11) is 0. The zero-order valence-electron chi connectivity index (χ0n) is 15.1. The lowest BCUT2D eigenvalue weighted by Gasteiger charge is -2.33. The monoisotopic (exact) mass is 380 g/mol. The molecule has 1 aliphatic heterocycles. The van der Waals surface area contributed by atoms with E-state index in [4.69, 9.17) is 16.7 Å². The highest BCUT2D eigenvalue weighted by molar-refractivity contribution is 6.30. The second kappa shape index (κ2) is 9.03. The van der Waals surface area contributed by atoms with Crippen molar-refractivity contribution in [2.75, 3.05) is 13.1 Å². The second-order valence-corrected chi connectivity index (χ2v) is 7.40. The average Bonchev–Trinajstić information content (AvgIpc) is 2.60. The molecule has 0 aromatic heterocycles. The van der Waals surface area contributed by atoms with Crippen molar-refractivity contribution in [2.24, 2.45) is 11.8 Å². The minimum Gasteiger partial charge on any atom is -0.481 e. The number of benzene rings is 1. The molecule has 2 N–H and O–H groups in total. The number of amides is 2. The van der Waals surface area contributed by atoms with Gasteiger partial charge in [-0.25, -0.2) is 0 Å². The predicted octanol–water partition coefficient (Wildman–Crippen LogP) is 2.87. The minimum absolute atomic E-state index is 0.0507. The number of hydrogen-bond donors (Lipinski definition) is 2. The van der Waals surface area contributed by atoms with Crippen LogP contribution in [0.5, 0.6) is 0 Å². The molecule has 0 saturated carbocycles. The van der Waals surface area contributed by atoms with Gasteiger partial charge in [-0.3, -0.25) is 14.4 Å². The molecule has 1 aromatic rings. The Balaban J connectivity index is 1.98. The molecule has 0 unspecified atom stereocenters. The number of halogens is 1. The highest BCUT2D eigenvalue weighted by atomic mass is 35.5. The van der Waals surface area contributed by atoms with E-state index >= 15 is 0 Å². The van der Waals surface area contributed by atoms with Gasteiger partial charge in [0.25, 0.3) is 0 Å². The number of nitrogens with one attached hydrogen (secondary N) is 1. The van der Waals surface area contributed by atoms with Crippen LogP contribution in [0.25, 0.3) is 0 Å². The quantitative estimate of drug-likeness (QED) is 0.794. The van der Waals surface area contributed by atoms with E-state index in [0.29, 0.717) is 36.5 Å². The van der Waals surface area contributed by atoms with Crippen LogP contribution in [0.2, 0.25) is 5.02 Å². The third-order valence-electron chi connectivity index (χ3n) is 4.64. The maximum absolute atomic E-state index is 12.6. The number of carbonyl (C=O) groups is 3. The summed E-state index contributed by atoms with van der Waals surface area (Å²) in [6, 6.07) is 6.19. The Bertz CT molecular complexity index is 652. The Morgan fingerprint density at radius 2 is 1.77 bits per heavy atom. The van der Waals surface area contributed by atoms with E-state index in [0.717, 1.165) is 0 Å². The summed E-state index contributed by atoms with van der Waals surface area (Å²) < 4.78 is 0. The highest BCUT2D eigenvalue weighted by Gasteiger charge is 2.30. The van der Waals surface area contributed by atoms with Crippen molar-refractivity contribution in [3.05, 3.63) is 34.9 Å². The third-order valence-corrected chi connectivity index (χ3v) is 4.89.